The van der Waals surface area contributed by atoms with E-state index in [1.165, 1.54) is 0 Å². The minimum Gasteiger partial charge on any atom is -0.338 e. The van der Waals surface area contributed by atoms with Crippen LogP contribution in [0.25, 0.3) is 0 Å². The first-order chi connectivity index (χ1) is 6.77. The van der Waals surface area contributed by atoms with Crippen molar-refractivity contribution in [3.05, 3.63) is 18.5 Å². The van der Waals surface area contributed by atoms with Gasteiger partial charge in [0, 0.05) is 38.1 Å². The third-order valence-electron chi connectivity index (χ3n) is 2.51. The predicted octanol–water partition coefficient (Wildman–Crippen LogP) is -0.139. The zero-order valence-electron chi connectivity index (χ0n) is 8.30. The minimum absolute atomic E-state index is 0.354. The largest absolute Gasteiger partial charge is 0.338 e. The van der Waals surface area contributed by atoms with Gasteiger partial charge in [0.25, 0.3) is 0 Å². The molecule has 5 heteroatoms. The Kier molecular flexibility index (Phi) is 2.60. The molecule has 1 aromatic heterocycles. The smallest absolute Gasteiger partial charge is 0.225 e. The molecule has 5 nitrogen and oxygen atoms in total. The number of hydrogen-bond donors (Lipinski definition) is 1. The quantitative estimate of drug-likeness (QED) is 0.629. The summed E-state index contributed by atoms with van der Waals surface area (Å²) in [7, 11) is 0. The molecule has 2 heterocycles. The molecule has 0 aromatic carbocycles. The summed E-state index contributed by atoms with van der Waals surface area (Å²) in [5.41, 5.74) is 0. The van der Waals surface area contributed by atoms with Crippen LogP contribution < -0.4 is 10.7 Å². The highest BCUT2D eigenvalue weighted by atomic mass is 15.5. The third-order valence-corrected chi connectivity index (χ3v) is 2.51. The SMILES string of the molecule is CC1CN(c2ncccn2)CCN1N. The maximum Gasteiger partial charge on any atom is 0.225 e. The van der Waals surface area contributed by atoms with Gasteiger partial charge >= 0.3 is 0 Å². The molecule has 1 fully saturated rings. The molecule has 0 radical (unpaired) electrons. The van der Waals surface area contributed by atoms with Crippen molar-refractivity contribution in [2.75, 3.05) is 24.5 Å². The topological polar surface area (TPSA) is 58.3 Å². The minimum atomic E-state index is 0.354. The van der Waals surface area contributed by atoms with E-state index in [2.05, 4.69) is 21.8 Å². The highest BCUT2D eigenvalue weighted by Gasteiger charge is 2.22. The normalized spacial score (nSPS) is 23.9. The van der Waals surface area contributed by atoms with Crippen LogP contribution in [-0.4, -0.2) is 40.7 Å². The Morgan fingerprint density at radius 1 is 1.36 bits per heavy atom. The first-order valence-corrected chi connectivity index (χ1v) is 4.80. The van der Waals surface area contributed by atoms with Gasteiger partial charge in [0.1, 0.15) is 0 Å². The van der Waals surface area contributed by atoms with Crippen molar-refractivity contribution in [1.29, 1.82) is 0 Å². The van der Waals surface area contributed by atoms with E-state index in [1.807, 2.05) is 11.1 Å². The van der Waals surface area contributed by atoms with Crippen molar-refractivity contribution in [3.8, 4) is 0 Å². The van der Waals surface area contributed by atoms with E-state index in [-0.39, 0.29) is 0 Å². The average molecular weight is 193 g/mol. The highest BCUT2D eigenvalue weighted by molar-refractivity contribution is 5.29. The molecule has 1 aliphatic rings. The van der Waals surface area contributed by atoms with Crippen molar-refractivity contribution in [1.82, 2.24) is 15.0 Å². The molecular formula is C9H15N5. The second kappa shape index (κ2) is 3.89. The Balaban J connectivity index is 2.07. The standard InChI is InChI=1S/C9H15N5/c1-8-7-13(5-6-14(8)10)9-11-3-2-4-12-9/h2-4,8H,5-7,10H2,1H3. The number of aromatic nitrogens is 2. The maximum absolute atomic E-state index is 5.78. The van der Waals surface area contributed by atoms with Crippen molar-refractivity contribution in [2.24, 2.45) is 5.84 Å². The van der Waals surface area contributed by atoms with Gasteiger partial charge in [-0.25, -0.2) is 15.0 Å². The first kappa shape index (κ1) is 9.36. The van der Waals surface area contributed by atoms with Crippen molar-refractivity contribution in [3.63, 3.8) is 0 Å². The number of rotatable bonds is 1. The number of anilines is 1. The van der Waals surface area contributed by atoms with E-state index >= 15 is 0 Å². The van der Waals surface area contributed by atoms with E-state index in [0.29, 0.717) is 6.04 Å². The monoisotopic (exact) mass is 193 g/mol. The fourth-order valence-electron chi connectivity index (χ4n) is 1.61. The van der Waals surface area contributed by atoms with Crippen LogP contribution in [0.4, 0.5) is 5.95 Å². The second-order valence-corrected chi connectivity index (χ2v) is 3.58. The summed E-state index contributed by atoms with van der Waals surface area (Å²) in [5, 5.41) is 1.86. The predicted molar refractivity (Wildman–Crippen MR) is 54.6 cm³/mol. The van der Waals surface area contributed by atoms with E-state index < -0.39 is 0 Å². The number of nitrogens with zero attached hydrogens (tertiary/aromatic N) is 4. The highest BCUT2D eigenvalue weighted by Crippen LogP contribution is 2.11. The van der Waals surface area contributed by atoms with Crippen molar-refractivity contribution < 1.29 is 0 Å². The van der Waals surface area contributed by atoms with Gasteiger partial charge in [-0.05, 0) is 13.0 Å². The van der Waals surface area contributed by atoms with Crippen LogP contribution in [-0.2, 0) is 0 Å². The summed E-state index contributed by atoms with van der Waals surface area (Å²) < 4.78 is 0. The average Bonchev–Trinajstić information content (AvgIpc) is 2.23. The Bertz CT molecular complexity index is 289. The Morgan fingerprint density at radius 2 is 2.07 bits per heavy atom. The summed E-state index contributed by atoms with van der Waals surface area (Å²) in [6, 6.07) is 2.18. The molecule has 1 aromatic rings. The van der Waals surface area contributed by atoms with E-state index in [1.54, 1.807) is 12.4 Å². The lowest BCUT2D eigenvalue weighted by molar-refractivity contribution is 0.193. The van der Waals surface area contributed by atoms with E-state index in [4.69, 9.17) is 5.84 Å². The molecule has 14 heavy (non-hydrogen) atoms. The molecule has 0 aliphatic carbocycles. The number of piperazine rings is 1. The second-order valence-electron chi connectivity index (χ2n) is 3.58. The van der Waals surface area contributed by atoms with Gasteiger partial charge in [0.15, 0.2) is 0 Å². The summed E-state index contributed by atoms with van der Waals surface area (Å²) in [6.07, 6.45) is 3.53. The number of hydrazine groups is 1. The molecule has 0 bridgehead atoms. The molecule has 1 saturated heterocycles. The summed E-state index contributed by atoms with van der Waals surface area (Å²) >= 11 is 0. The zero-order valence-corrected chi connectivity index (χ0v) is 8.30. The van der Waals surface area contributed by atoms with Gasteiger partial charge < -0.3 is 4.90 Å². The van der Waals surface area contributed by atoms with Gasteiger partial charge in [-0.15, -0.1) is 0 Å². The first-order valence-electron chi connectivity index (χ1n) is 4.80. The lowest BCUT2D eigenvalue weighted by Gasteiger charge is -2.36. The van der Waals surface area contributed by atoms with Crippen LogP contribution in [0, 0.1) is 0 Å². The molecule has 1 unspecified atom stereocenters. The Hall–Kier alpha value is -1.20. The molecule has 2 N–H and O–H groups in total. The maximum atomic E-state index is 5.78. The number of nitrogens with two attached hydrogens (primary N) is 1. The molecule has 0 amide bonds. The van der Waals surface area contributed by atoms with Crippen LogP contribution in [0.3, 0.4) is 0 Å². The molecule has 1 atom stereocenters. The molecule has 2 rings (SSSR count). The Labute approximate surface area is 83.5 Å². The molecule has 1 aliphatic heterocycles. The lowest BCUT2D eigenvalue weighted by Crippen LogP contribution is -2.55. The van der Waals surface area contributed by atoms with Crippen molar-refractivity contribution >= 4 is 5.95 Å². The van der Waals surface area contributed by atoms with Crippen molar-refractivity contribution in [2.45, 2.75) is 13.0 Å². The third kappa shape index (κ3) is 1.83. The fourth-order valence-corrected chi connectivity index (χ4v) is 1.61. The van der Waals surface area contributed by atoms with Gasteiger partial charge in [0.2, 0.25) is 5.95 Å². The molecule has 0 saturated carbocycles. The summed E-state index contributed by atoms with van der Waals surface area (Å²) in [6.45, 7) is 4.75. The zero-order chi connectivity index (χ0) is 9.97. The van der Waals surface area contributed by atoms with Crippen LogP contribution in [0.2, 0.25) is 0 Å². The summed E-state index contributed by atoms with van der Waals surface area (Å²) in [5.74, 6) is 6.58. The molecule has 76 valence electrons. The van der Waals surface area contributed by atoms with Gasteiger partial charge in [0.05, 0.1) is 0 Å². The Morgan fingerprint density at radius 3 is 2.71 bits per heavy atom. The summed E-state index contributed by atoms with van der Waals surface area (Å²) in [4.78, 5) is 10.6. The molecular weight excluding hydrogens is 178 g/mol. The van der Waals surface area contributed by atoms with Crippen LogP contribution in [0.1, 0.15) is 6.92 Å². The lowest BCUT2D eigenvalue weighted by atomic mass is 10.2. The van der Waals surface area contributed by atoms with Gasteiger partial charge in [-0.1, -0.05) is 0 Å². The van der Waals surface area contributed by atoms with E-state index in [9.17, 15) is 0 Å². The van der Waals surface area contributed by atoms with Crippen LogP contribution in [0.5, 0.6) is 0 Å². The number of hydrogen-bond acceptors (Lipinski definition) is 5. The fraction of sp³-hybridized carbons (Fsp3) is 0.556. The van der Waals surface area contributed by atoms with Crippen LogP contribution in [0.15, 0.2) is 18.5 Å². The van der Waals surface area contributed by atoms with Gasteiger partial charge in [-0.2, -0.15) is 0 Å². The molecule has 0 spiro atoms. The van der Waals surface area contributed by atoms with Gasteiger partial charge in [-0.3, -0.25) is 5.84 Å². The van der Waals surface area contributed by atoms with E-state index in [0.717, 1.165) is 25.6 Å². The van der Waals surface area contributed by atoms with Crippen LogP contribution >= 0.6 is 0 Å².